The van der Waals surface area contributed by atoms with E-state index in [1.807, 2.05) is 0 Å². The molecule has 0 spiro atoms. The smallest absolute Gasteiger partial charge is 0.133 e. The minimum Gasteiger partial charge on any atom is -0.300 e. The molecule has 13 heavy (non-hydrogen) atoms. The minimum atomic E-state index is 0.490. The highest BCUT2D eigenvalue weighted by molar-refractivity contribution is 5.81. The van der Waals surface area contributed by atoms with Crippen molar-refractivity contribution in [1.29, 1.82) is 0 Å². The fraction of sp³-hybridized carbons (Fsp3) is 0.750. The zero-order valence-electron chi connectivity index (χ0n) is 8.49. The van der Waals surface area contributed by atoms with Gasteiger partial charge < -0.3 is 0 Å². The molecule has 3 atom stereocenters. The first-order valence-corrected chi connectivity index (χ1v) is 5.37. The van der Waals surface area contributed by atoms with E-state index < -0.39 is 0 Å². The molecule has 2 rings (SSSR count). The summed E-state index contributed by atoms with van der Waals surface area (Å²) in [4.78, 5) is 11.3. The van der Waals surface area contributed by atoms with Gasteiger partial charge in [-0.2, -0.15) is 0 Å². The molecule has 72 valence electrons. The number of fused-ring (bicyclic) bond motifs is 1. The maximum atomic E-state index is 11.3. The topological polar surface area (TPSA) is 17.1 Å². The molecule has 2 aliphatic carbocycles. The molecule has 1 fully saturated rings. The fourth-order valence-electron chi connectivity index (χ4n) is 2.94. The lowest BCUT2D eigenvalue weighted by Crippen LogP contribution is -2.24. The molecule has 1 saturated carbocycles. The molecule has 0 saturated heterocycles. The van der Waals surface area contributed by atoms with Gasteiger partial charge in [-0.05, 0) is 30.1 Å². The largest absolute Gasteiger partial charge is 0.300 e. The zero-order valence-corrected chi connectivity index (χ0v) is 8.49. The predicted octanol–water partition coefficient (Wildman–Crippen LogP) is 2.81. The summed E-state index contributed by atoms with van der Waals surface area (Å²) in [6, 6.07) is 0. The van der Waals surface area contributed by atoms with Crippen molar-refractivity contribution in [3.8, 4) is 0 Å². The van der Waals surface area contributed by atoms with Gasteiger partial charge in [-0.25, -0.2) is 0 Å². The molecule has 0 amide bonds. The summed E-state index contributed by atoms with van der Waals surface area (Å²) >= 11 is 0. The van der Waals surface area contributed by atoms with Gasteiger partial charge in [0.2, 0.25) is 0 Å². The lowest BCUT2D eigenvalue weighted by molar-refractivity contribution is -0.117. The number of ketones is 1. The Bertz CT molecular complexity index is 240. The Morgan fingerprint density at radius 2 is 2.15 bits per heavy atom. The predicted molar refractivity (Wildman–Crippen MR) is 53.3 cm³/mol. The second-order valence-electron chi connectivity index (χ2n) is 4.86. The Morgan fingerprint density at radius 3 is 2.85 bits per heavy atom. The van der Waals surface area contributed by atoms with Gasteiger partial charge in [-0.15, -0.1) is 0 Å². The van der Waals surface area contributed by atoms with Crippen molar-refractivity contribution in [3.05, 3.63) is 12.2 Å². The molecule has 0 bridgehead atoms. The summed E-state index contributed by atoms with van der Waals surface area (Å²) in [5, 5.41) is 0. The van der Waals surface area contributed by atoms with Crippen molar-refractivity contribution in [2.24, 2.45) is 23.7 Å². The number of carbonyl (C=O) groups is 1. The van der Waals surface area contributed by atoms with E-state index in [0.29, 0.717) is 29.5 Å². The van der Waals surface area contributed by atoms with Crippen LogP contribution in [-0.2, 0) is 4.79 Å². The van der Waals surface area contributed by atoms with Gasteiger partial charge in [-0.1, -0.05) is 26.0 Å². The molecule has 0 aromatic carbocycles. The average molecular weight is 178 g/mol. The standard InChI is InChI=1S/C12H18O/c1-8(2)11-5-3-4-9-6-10(13)7-12(9)11/h3,5,8-9,11-12H,4,6-7H2,1-2H3/t9-,11-,12+/m0/s1. The number of hydrogen-bond donors (Lipinski definition) is 0. The zero-order chi connectivity index (χ0) is 9.42. The van der Waals surface area contributed by atoms with Crippen LogP contribution in [0.5, 0.6) is 0 Å². The first kappa shape index (κ1) is 8.98. The average Bonchev–Trinajstić information content (AvgIpc) is 2.43. The molecule has 0 aromatic heterocycles. The minimum absolute atomic E-state index is 0.490. The lowest BCUT2D eigenvalue weighted by Gasteiger charge is -2.31. The highest BCUT2D eigenvalue weighted by Crippen LogP contribution is 2.43. The van der Waals surface area contributed by atoms with Crippen LogP contribution in [0.25, 0.3) is 0 Å². The Labute approximate surface area is 80.2 Å². The van der Waals surface area contributed by atoms with E-state index in [0.717, 1.165) is 19.3 Å². The Balaban J connectivity index is 2.16. The molecule has 1 heteroatoms. The second kappa shape index (κ2) is 3.28. The Kier molecular flexibility index (Phi) is 2.27. The molecule has 0 aromatic rings. The number of hydrogen-bond acceptors (Lipinski definition) is 1. The third kappa shape index (κ3) is 1.56. The van der Waals surface area contributed by atoms with Gasteiger partial charge in [0.15, 0.2) is 0 Å². The summed E-state index contributed by atoms with van der Waals surface area (Å²) in [6.45, 7) is 4.53. The normalized spacial score (nSPS) is 38.4. The Hall–Kier alpha value is -0.590. The van der Waals surface area contributed by atoms with E-state index in [4.69, 9.17) is 0 Å². The van der Waals surface area contributed by atoms with Crippen LogP contribution in [0.3, 0.4) is 0 Å². The van der Waals surface area contributed by atoms with Crippen molar-refractivity contribution < 1.29 is 4.79 Å². The molecule has 0 aliphatic heterocycles. The van der Waals surface area contributed by atoms with Gasteiger partial charge in [-0.3, -0.25) is 4.79 Å². The van der Waals surface area contributed by atoms with Gasteiger partial charge in [0.25, 0.3) is 0 Å². The van der Waals surface area contributed by atoms with Crippen LogP contribution in [0, 0.1) is 23.7 Å². The van der Waals surface area contributed by atoms with Gasteiger partial charge >= 0.3 is 0 Å². The third-order valence-corrected chi connectivity index (χ3v) is 3.62. The summed E-state index contributed by atoms with van der Waals surface area (Å²) in [5.41, 5.74) is 0. The van der Waals surface area contributed by atoms with Crippen LogP contribution in [0.15, 0.2) is 12.2 Å². The summed E-state index contributed by atoms with van der Waals surface area (Å²) < 4.78 is 0. The molecular formula is C12H18O. The molecule has 0 radical (unpaired) electrons. The highest BCUT2D eigenvalue weighted by Gasteiger charge is 2.39. The van der Waals surface area contributed by atoms with Crippen LogP contribution in [0.4, 0.5) is 0 Å². The van der Waals surface area contributed by atoms with E-state index in [1.54, 1.807) is 0 Å². The van der Waals surface area contributed by atoms with E-state index in [9.17, 15) is 4.79 Å². The number of carbonyl (C=O) groups excluding carboxylic acids is 1. The second-order valence-corrected chi connectivity index (χ2v) is 4.86. The maximum absolute atomic E-state index is 11.3. The molecule has 0 unspecified atom stereocenters. The molecule has 1 nitrogen and oxygen atoms in total. The van der Waals surface area contributed by atoms with Crippen LogP contribution in [0.2, 0.25) is 0 Å². The maximum Gasteiger partial charge on any atom is 0.133 e. The van der Waals surface area contributed by atoms with Crippen molar-refractivity contribution in [1.82, 2.24) is 0 Å². The summed E-state index contributed by atoms with van der Waals surface area (Å²) in [6.07, 6.45) is 7.45. The summed E-state index contributed by atoms with van der Waals surface area (Å²) in [7, 11) is 0. The monoisotopic (exact) mass is 178 g/mol. The van der Waals surface area contributed by atoms with E-state index in [1.165, 1.54) is 0 Å². The van der Waals surface area contributed by atoms with Crippen molar-refractivity contribution >= 4 is 5.78 Å². The first-order chi connectivity index (χ1) is 6.18. The van der Waals surface area contributed by atoms with Crippen molar-refractivity contribution in [2.75, 3.05) is 0 Å². The molecule has 0 heterocycles. The van der Waals surface area contributed by atoms with Crippen LogP contribution >= 0.6 is 0 Å². The Morgan fingerprint density at radius 1 is 1.38 bits per heavy atom. The third-order valence-electron chi connectivity index (χ3n) is 3.62. The van der Waals surface area contributed by atoms with Gasteiger partial charge in [0.05, 0.1) is 0 Å². The quantitative estimate of drug-likeness (QED) is 0.564. The number of allylic oxidation sites excluding steroid dienone is 2. The SMILES string of the molecule is CC(C)[C@@H]1C=CC[C@H]2CC(=O)C[C@H]21. The molecular weight excluding hydrogens is 160 g/mol. The number of rotatable bonds is 1. The number of Topliss-reactive ketones (excluding diaryl/α,β-unsaturated/α-hetero) is 1. The van der Waals surface area contributed by atoms with Gasteiger partial charge in [0, 0.05) is 12.8 Å². The first-order valence-electron chi connectivity index (χ1n) is 5.37. The van der Waals surface area contributed by atoms with Gasteiger partial charge in [0.1, 0.15) is 5.78 Å². The van der Waals surface area contributed by atoms with Crippen LogP contribution < -0.4 is 0 Å². The van der Waals surface area contributed by atoms with Crippen LogP contribution in [-0.4, -0.2) is 5.78 Å². The molecule has 0 N–H and O–H groups in total. The summed E-state index contributed by atoms with van der Waals surface area (Å²) in [5.74, 6) is 3.17. The fourth-order valence-corrected chi connectivity index (χ4v) is 2.94. The lowest BCUT2D eigenvalue weighted by atomic mass is 9.73. The van der Waals surface area contributed by atoms with E-state index >= 15 is 0 Å². The van der Waals surface area contributed by atoms with Crippen molar-refractivity contribution in [2.45, 2.75) is 33.1 Å². The van der Waals surface area contributed by atoms with E-state index in [2.05, 4.69) is 26.0 Å². The molecule has 2 aliphatic rings. The highest BCUT2D eigenvalue weighted by atomic mass is 16.1. The van der Waals surface area contributed by atoms with Crippen LogP contribution in [0.1, 0.15) is 33.1 Å². The van der Waals surface area contributed by atoms with Crippen molar-refractivity contribution in [3.63, 3.8) is 0 Å². The van der Waals surface area contributed by atoms with E-state index in [-0.39, 0.29) is 0 Å².